The first-order valence-electron chi connectivity index (χ1n) is 2.78. The second-order valence-electron chi connectivity index (χ2n) is 2.23. The molecule has 0 spiro atoms. The van der Waals surface area contributed by atoms with E-state index in [1.807, 2.05) is 27.7 Å². The molecule has 0 N–H and O–H groups in total. The fourth-order valence-electron chi connectivity index (χ4n) is 0.544. The van der Waals surface area contributed by atoms with Crippen LogP contribution in [0.1, 0.15) is 27.7 Å². The Bertz CT molecular complexity index is 37.8. The minimum atomic E-state index is 0. The van der Waals surface area contributed by atoms with E-state index in [-0.39, 0.29) is 17.1 Å². The van der Waals surface area contributed by atoms with Crippen LogP contribution in [0.15, 0.2) is 0 Å². The van der Waals surface area contributed by atoms with Crippen molar-refractivity contribution < 1.29 is 21.8 Å². The zero-order valence-electron chi connectivity index (χ0n) is 5.92. The van der Waals surface area contributed by atoms with Crippen molar-refractivity contribution in [3.8, 4) is 0 Å². The molecule has 0 aromatic heterocycles. The fraction of sp³-hybridized carbons (Fsp3) is 1.00. The van der Waals surface area contributed by atoms with Crippen molar-refractivity contribution >= 4 is 0 Å². The summed E-state index contributed by atoms with van der Waals surface area (Å²) in [5.74, 6) is 0. The molecular formula is C6H14FeO. The van der Waals surface area contributed by atoms with Crippen LogP contribution in [0.2, 0.25) is 0 Å². The summed E-state index contributed by atoms with van der Waals surface area (Å²) in [5.41, 5.74) is 0. The van der Waals surface area contributed by atoms with Crippen molar-refractivity contribution in [3.63, 3.8) is 0 Å². The third-order valence-electron chi connectivity index (χ3n) is 0.544. The first kappa shape index (κ1) is 11.3. The third-order valence-corrected chi connectivity index (χ3v) is 0.544. The average Bonchev–Trinajstić information content (AvgIpc) is 1.27. The Kier molecular flexibility index (Phi) is 7.93. The summed E-state index contributed by atoms with van der Waals surface area (Å²) < 4.78 is 5.25. The Labute approximate surface area is 62.3 Å². The largest absolute Gasteiger partial charge is 0.376 e. The first-order chi connectivity index (χ1) is 3.13. The molecular weight excluding hydrogens is 144 g/mol. The van der Waals surface area contributed by atoms with Crippen LogP contribution >= 0.6 is 0 Å². The molecule has 52 valence electrons. The molecule has 2 heteroatoms. The molecule has 0 saturated carbocycles. The third kappa shape index (κ3) is 9.70. The molecule has 0 aliphatic rings. The van der Waals surface area contributed by atoms with Crippen molar-refractivity contribution in [2.24, 2.45) is 0 Å². The summed E-state index contributed by atoms with van der Waals surface area (Å²) in [7, 11) is 0. The fourth-order valence-corrected chi connectivity index (χ4v) is 0.544. The van der Waals surface area contributed by atoms with Gasteiger partial charge in [-0.1, -0.05) is 0 Å². The molecule has 0 aromatic rings. The zero-order valence-corrected chi connectivity index (χ0v) is 7.02. The molecule has 0 aromatic carbocycles. The summed E-state index contributed by atoms with van der Waals surface area (Å²) >= 11 is 0. The number of rotatable bonds is 2. The van der Waals surface area contributed by atoms with Crippen LogP contribution in [-0.2, 0) is 21.8 Å². The van der Waals surface area contributed by atoms with Gasteiger partial charge >= 0.3 is 0 Å². The molecule has 0 heterocycles. The molecule has 0 aliphatic carbocycles. The van der Waals surface area contributed by atoms with Gasteiger partial charge in [-0.2, -0.15) is 0 Å². The smallest absolute Gasteiger partial charge is 0.0522 e. The maximum atomic E-state index is 5.25. The number of hydrogen-bond acceptors (Lipinski definition) is 1. The Morgan fingerprint density at radius 2 is 1.12 bits per heavy atom. The topological polar surface area (TPSA) is 9.23 Å². The summed E-state index contributed by atoms with van der Waals surface area (Å²) in [6.07, 6.45) is 0.750. The Balaban J connectivity index is 0. The predicted octanol–water partition coefficient (Wildman–Crippen LogP) is 1.82. The standard InChI is InChI=1S/C6H14O.Fe/c1-5(2)7-6(3)4;/h5-6H,1-4H3;. The van der Waals surface area contributed by atoms with E-state index in [1.54, 1.807) is 0 Å². The van der Waals surface area contributed by atoms with Gasteiger partial charge in [-0.3, -0.25) is 0 Å². The maximum Gasteiger partial charge on any atom is 0.0522 e. The molecule has 0 fully saturated rings. The van der Waals surface area contributed by atoms with E-state index in [0.717, 1.165) is 0 Å². The van der Waals surface area contributed by atoms with E-state index < -0.39 is 0 Å². The molecule has 0 radical (unpaired) electrons. The van der Waals surface area contributed by atoms with E-state index in [4.69, 9.17) is 4.74 Å². The minimum Gasteiger partial charge on any atom is -0.376 e. The van der Waals surface area contributed by atoms with Crippen LogP contribution in [0.3, 0.4) is 0 Å². The van der Waals surface area contributed by atoms with Gasteiger partial charge in [0.25, 0.3) is 0 Å². The molecule has 0 aliphatic heterocycles. The van der Waals surface area contributed by atoms with Crippen LogP contribution < -0.4 is 0 Å². The van der Waals surface area contributed by atoms with Crippen LogP contribution in [0.4, 0.5) is 0 Å². The van der Waals surface area contributed by atoms with Gasteiger partial charge in [-0.25, -0.2) is 0 Å². The predicted molar refractivity (Wildman–Crippen MR) is 31.4 cm³/mol. The summed E-state index contributed by atoms with van der Waals surface area (Å²) in [6, 6.07) is 0. The normalized spacial score (nSPS) is 9.75. The van der Waals surface area contributed by atoms with Crippen molar-refractivity contribution in [2.45, 2.75) is 39.9 Å². The van der Waals surface area contributed by atoms with Crippen molar-refractivity contribution in [1.82, 2.24) is 0 Å². The van der Waals surface area contributed by atoms with Gasteiger partial charge in [0.2, 0.25) is 0 Å². The molecule has 0 atom stereocenters. The van der Waals surface area contributed by atoms with Crippen molar-refractivity contribution in [2.75, 3.05) is 0 Å². The zero-order chi connectivity index (χ0) is 5.86. The summed E-state index contributed by atoms with van der Waals surface area (Å²) in [4.78, 5) is 0. The van der Waals surface area contributed by atoms with E-state index in [0.29, 0.717) is 12.2 Å². The summed E-state index contributed by atoms with van der Waals surface area (Å²) in [5, 5.41) is 0. The second-order valence-corrected chi connectivity index (χ2v) is 2.23. The van der Waals surface area contributed by atoms with E-state index >= 15 is 0 Å². The monoisotopic (exact) mass is 158 g/mol. The van der Waals surface area contributed by atoms with Crippen LogP contribution in [0, 0.1) is 0 Å². The van der Waals surface area contributed by atoms with E-state index in [2.05, 4.69) is 0 Å². The Morgan fingerprint density at radius 3 is 1.12 bits per heavy atom. The molecule has 0 unspecified atom stereocenters. The van der Waals surface area contributed by atoms with E-state index in [1.165, 1.54) is 0 Å². The molecule has 8 heavy (non-hydrogen) atoms. The van der Waals surface area contributed by atoms with Gasteiger partial charge in [-0.05, 0) is 27.7 Å². The van der Waals surface area contributed by atoms with Crippen LogP contribution in [-0.4, -0.2) is 12.2 Å². The Morgan fingerprint density at radius 1 is 0.875 bits per heavy atom. The minimum absolute atomic E-state index is 0. The van der Waals surface area contributed by atoms with E-state index in [9.17, 15) is 0 Å². The van der Waals surface area contributed by atoms with Gasteiger partial charge in [0.1, 0.15) is 0 Å². The van der Waals surface area contributed by atoms with Crippen molar-refractivity contribution in [1.29, 1.82) is 0 Å². The van der Waals surface area contributed by atoms with Gasteiger partial charge < -0.3 is 4.74 Å². The maximum absolute atomic E-state index is 5.25. The number of hydrogen-bond donors (Lipinski definition) is 0. The SMILES string of the molecule is CC(C)OC(C)C.[Fe]. The van der Waals surface area contributed by atoms with Gasteiger partial charge in [0, 0.05) is 17.1 Å². The van der Waals surface area contributed by atoms with Crippen LogP contribution in [0.25, 0.3) is 0 Å². The van der Waals surface area contributed by atoms with Crippen LogP contribution in [0.5, 0.6) is 0 Å². The molecule has 0 saturated heterocycles. The van der Waals surface area contributed by atoms with Gasteiger partial charge in [0.15, 0.2) is 0 Å². The molecule has 0 amide bonds. The van der Waals surface area contributed by atoms with Gasteiger partial charge in [-0.15, -0.1) is 0 Å². The average molecular weight is 158 g/mol. The van der Waals surface area contributed by atoms with Gasteiger partial charge in [0.05, 0.1) is 12.2 Å². The Hall–Kier alpha value is 0.479. The summed E-state index contributed by atoms with van der Waals surface area (Å²) in [6.45, 7) is 8.17. The quantitative estimate of drug-likeness (QED) is 0.557. The molecule has 0 bridgehead atoms. The second kappa shape index (κ2) is 5.61. The molecule has 1 nitrogen and oxygen atoms in total. The number of ether oxygens (including phenoxy) is 1. The molecule has 0 rings (SSSR count). The first-order valence-corrected chi connectivity index (χ1v) is 2.78. The van der Waals surface area contributed by atoms with Crippen molar-refractivity contribution in [3.05, 3.63) is 0 Å².